The van der Waals surface area contributed by atoms with E-state index in [0.29, 0.717) is 6.42 Å². The van der Waals surface area contributed by atoms with Gasteiger partial charge in [-0.15, -0.1) is 0 Å². The molecule has 6 nitrogen and oxygen atoms in total. The summed E-state index contributed by atoms with van der Waals surface area (Å²) in [6.45, 7) is 3.20. The molecule has 0 aromatic heterocycles. The predicted octanol–water partition coefficient (Wildman–Crippen LogP) is 3.13. The van der Waals surface area contributed by atoms with E-state index in [1.807, 2.05) is 6.07 Å². The fraction of sp³-hybridized carbons (Fsp3) is 0.333. The van der Waals surface area contributed by atoms with Crippen LogP contribution in [-0.4, -0.2) is 10.8 Å². The second-order valence-electron chi connectivity index (χ2n) is 4.17. The molecule has 0 bridgehead atoms. The maximum Gasteiger partial charge on any atom is 0.271 e. The molecule has 0 heterocycles. The zero-order valence-electron chi connectivity index (χ0n) is 10.4. The average Bonchev–Trinajstić information content (AvgIpc) is 2.39. The number of nitrogens with zero attached hydrogens (tertiary/aromatic N) is 2. The summed E-state index contributed by atoms with van der Waals surface area (Å²) in [6.07, 6.45) is 0.321. The van der Waals surface area contributed by atoms with E-state index >= 15 is 0 Å². The van der Waals surface area contributed by atoms with Crippen LogP contribution in [-0.2, 0) is 4.79 Å². The molecule has 0 aliphatic heterocycles. The molecular formula is C12H12ClN3O3. The number of nitro groups is 1. The number of hydrogen-bond acceptors (Lipinski definition) is 4. The molecule has 0 radical (unpaired) electrons. The highest BCUT2D eigenvalue weighted by molar-refractivity contribution is 6.33. The molecule has 1 aromatic carbocycles. The number of rotatable bonds is 4. The Morgan fingerprint density at radius 2 is 2.26 bits per heavy atom. The largest absolute Gasteiger partial charge is 0.323 e. The molecule has 1 amide bonds. The van der Waals surface area contributed by atoms with Crippen molar-refractivity contribution in [1.82, 2.24) is 0 Å². The summed E-state index contributed by atoms with van der Waals surface area (Å²) < 4.78 is 0. The average molecular weight is 282 g/mol. The standard InChI is InChI=1S/C12H12ClN3O3/c1-3-12(2,7-14)11(17)15-10-6-8(16(18)19)4-5-9(10)13/h4-6H,3H2,1-2H3,(H,15,17). The lowest BCUT2D eigenvalue weighted by atomic mass is 9.88. The van der Waals surface area contributed by atoms with Gasteiger partial charge in [0.25, 0.3) is 5.69 Å². The van der Waals surface area contributed by atoms with E-state index in [2.05, 4.69) is 5.32 Å². The van der Waals surface area contributed by atoms with Gasteiger partial charge in [0.05, 0.1) is 21.7 Å². The van der Waals surface area contributed by atoms with Gasteiger partial charge in [0.2, 0.25) is 5.91 Å². The van der Waals surface area contributed by atoms with Gasteiger partial charge in [0.15, 0.2) is 0 Å². The van der Waals surface area contributed by atoms with Gasteiger partial charge in [-0.3, -0.25) is 14.9 Å². The van der Waals surface area contributed by atoms with Crippen LogP contribution >= 0.6 is 11.6 Å². The highest BCUT2D eigenvalue weighted by atomic mass is 35.5. The maximum absolute atomic E-state index is 12.0. The van der Waals surface area contributed by atoms with Gasteiger partial charge in [0.1, 0.15) is 5.41 Å². The first-order valence-corrected chi connectivity index (χ1v) is 5.88. The number of non-ortho nitro benzene ring substituents is 1. The lowest BCUT2D eigenvalue weighted by Gasteiger charge is -2.18. The molecule has 19 heavy (non-hydrogen) atoms. The first kappa shape index (κ1) is 14.9. The smallest absolute Gasteiger partial charge is 0.271 e. The van der Waals surface area contributed by atoms with Crippen molar-refractivity contribution < 1.29 is 9.72 Å². The van der Waals surface area contributed by atoms with E-state index < -0.39 is 16.2 Å². The second-order valence-corrected chi connectivity index (χ2v) is 4.58. The minimum Gasteiger partial charge on any atom is -0.323 e. The van der Waals surface area contributed by atoms with Crippen molar-refractivity contribution >= 4 is 28.9 Å². The Labute approximate surface area is 115 Å². The third kappa shape index (κ3) is 3.20. The zero-order chi connectivity index (χ0) is 14.6. The number of hydrogen-bond donors (Lipinski definition) is 1. The molecule has 1 aromatic rings. The summed E-state index contributed by atoms with van der Waals surface area (Å²) in [7, 11) is 0. The molecule has 0 spiro atoms. The van der Waals surface area contributed by atoms with E-state index in [9.17, 15) is 14.9 Å². The third-order valence-corrected chi connectivity index (χ3v) is 3.19. The first-order valence-electron chi connectivity index (χ1n) is 5.50. The Bertz CT molecular complexity index is 568. The summed E-state index contributed by atoms with van der Waals surface area (Å²) in [5, 5.41) is 22.3. The Balaban J connectivity index is 3.07. The minimum absolute atomic E-state index is 0.121. The van der Waals surface area contributed by atoms with Crippen molar-refractivity contribution in [2.24, 2.45) is 5.41 Å². The molecule has 1 rings (SSSR count). The zero-order valence-corrected chi connectivity index (χ0v) is 11.2. The van der Waals surface area contributed by atoms with Gasteiger partial charge in [-0.05, 0) is 19.4 Å². The maximum atomic E-state index is 12.0. The summed E-state index contributed by atoms with van der Waals surface area (Å²) in [4.78, 5) is 22.0. The highest BCUT2D eigenvalue weighted by Crippen LogP contribution is 2.29. The van der Waals surface area contributed by atoms with Gasteiger partial charge in [0, 0.05) is 12.1 Å². The van der Waals surface area contributed by atoms with E-state index in [0.717, 1.165) is 6.07 Å². The Morgan fingerprint density at radius 1 is 1.63 bits per heavy atom. The molecule has 0 aliphatic carbocycles. The van der Waals surface area contributed by atoms with Crippen LogP contribution in [0.2, 0.25) is 5.02 Å². The Hall–Kier alpha value is -2.13. The van der Waals surface area contributed by atoms with Crippen molar-refractivity contribution in [3.63, 3.8) is 0 Å². The number of amides is 1. The van der Waals surface area contributed by atoms with E-state index in [1.54, 1.807) is 6.92 Å². The van der Waals surface area contributed by atoms with Crippen LogP contribution in [0.25, 0.3) is 0 Å². The van der Waals surface area contributed by atoms with Crippen molar-refractivity contribution in [2.75, 3.05) is 5.32 Å². The van der Waals surface area contributed by atoms with Crippen LogP contribution in [0.3, 0.4) is 0 Å². The molecule has 100 valence electrons. The number of nitro benzene ring substituents is 1. The number of anilines is 1. The normalized spacial score (nSPS) is 13.2. The molecule has 1 N–H and O–H groups in total. The molecule has 1 atom stereocenters. The Kier molecular flexibility index (Phi) is 4.46. The number of carbonyl (C=O) groups is 1. The molecule has 0 saturated heterocycles. The summed E-state index contributed by atoms with van der Waals surface area (Å²) in [5.74, 6) is -0.542. The van der Waals surface area contributed by atoms with Gasteiger partial charge in [-0.25, -0.2) is 0 Å². The van der Waals surface area contributed by atoms with Crippen LogP contribution < -0.4 is 5.32 Å². The number of halogens is 1. The van der Waals surface area contributed by atoms with Gasteiger partial charge >= 0.3 is 0 Å². The first-order chi connectivity index (χ1) is 8.84. The van der Waals surface area contributed by atoms with Crippen molar-refractivity contribution in [1.29, 1.82) is 5.26 Å². The van der Waals surface area contributed by atoms with E-state index in [4.69, 9.17) is 16.9 Å². The summed E-state index contributed by atoms with van der Waals surface area (Å²) in [6, 6.07) is 5.64. The Morgan fingerprint density at radius 3 is 2.74 bits per heavy atom. The lowest BCUT2D eigenvalue weighted by molar-refractivity contribution is -0.384. The summed E-state index contributed by atoms with van der Waals surface area (Å²) >= 11 is 5.86. The molecule has 0 fully saturated rings. The lowest BCUT2D eigenvalue weighted by Crippen LogP contribution is -2.31. The number of carbonyl (C=O) groups excluding carboxylic acids is 1. The second kappa shape index (κ2) is 5.67. The third-order valence-electron chi connectivity index (χ3n) is 2.86. The number of benzene rings is 1. The van der Waals surface area contributed by atoms with Gasteiger partial charge < -0.3 is 5.32 Å². The number of nitriles is 1. The molecule has 1 unspecified atom stereocenters. The molecule has 0 saturated carbocycles. The van der Waals surface area contributed by atoms with Crippen molar-refractivity contribution in [2.45, 2.75) is 20.3 Å². The summed E-state index contributed by atoms with van der Waals surface area (Å²) in [5.41, 5.74) is -1.26. The molecule has 7 heteroatoms. The SMILES string of the molecule is CCC(C)(C#N)C(=O)Nc1cc([N+](=O)[O-])ccc1Cl. The van der Waals surface area contributed by atoms with Gasteiger partial charge in [-0.1, -0.05) is 18.5 Å². The fourth-order valence-electron chi connectivity index (χ4n) is 1.27. The van der Waals surface area contributed by atoms with E-state index in [1.165, 1.54) is 19.1 Å². The minimum atomic E-state index is -1.20. The van der Waals surface area contributed by atoms with Crippen molar-refractivity contribution in [3.8, 4) is 6.07 Å². The monoisotopic (exact) mass is 281 g/mol. The van der Waals surface area contributed by atoms with Crippen molar-refractivity contribution in [3.05, 3.63) is 33.3 Å². The van der Waals surface area contributed by atoms with Crippen LogP contribution in [0.5, 0.6) is 0 Å². The van der Waals surface area contributed by atoms with Crippen LogP contribution in [0, 0.1) is 26.9 Å². The molecule has 0 aliphatic rings. The van der Waals surface area contributed by atoms with E-state index in [-0.39, 0.29) is 16.4 Å². The fourth-order valence-corrected chi connectivity index (χ4v) is 1.44. The van der Waals surface area contributed by atoms with Crippen LogP contribution in [0.1, 0.15) is 20.3 Å². The topological polar surface area (TPSA) is 96.0 Å². The number of nitrogens with one attached hydrogen (secondary N) is 1. The molecular weight excluding hydrogens is 270 g/mol. The quantitative estimate of drug-likeness (QED) is 0.677. The van der Waals surface area contributed by atoms with Gasteiger partial charge in [-0.2, -0.15) is 5.26 Å². The predicted molar refractivity (Wildman–Crippen MR) is 70.7 cm³/mol. The highest BCUT2D eigenvalue weighted by Gasteiger charge is 2.31. The van der Waals surface area contributed by atoms with Crippen LogP contribution in [0.15, 0.2) is 18.2 Å². The van der Waals surface area contributed by atoms with Crippen LogP contribution in [0.4, 0.5) is 11.4 Å².